The number of carbonyl (C=O) groups excluding carboxylic acids is 1. The van der Waals surface area contributed by atoms with E-state index in [2.05, 4.69) is 4.90 Å². The summed E-state index contributed by atoms with van der Waals surface area (Å²) in [6.07, 6.45) is 0. The second-order valence-corrected chi connectivity index (χ2v) is 8.90. The van der Waals surface area contributed by atoms with Gasteiger partial charge in [0.05, 0.1) is 35.4 Å². The molecule has 0 aliphatic heterocycles. The van der Waals surface area contributed by atoms with Crippen molar-refractivity contribution in [1.29, 1.82) is 0 Å². The zero-order chi connectivity index (χ0) is 25.0. The molecule has 0 radical (unpaired) electrons. The van der Waals surface area contributed by atoms with E-state index >= 15 is 0 Å². The third-order valence-corrected chi connectivity index (χ3v) is 7.13. The van der Waals surface area contributed by atoms with Crippen molar-refractivity contribution >= 4 is 62.3 Å². The van der Waals surface area contributed by atoms with Crippen molar-refractivity contribution < 1.29 is 19.2 Å². The number of halogens is 2. The number of rotatable bonds is 10. The Morgan fingerprint density at radius 2 is 1.77 bits per heavy atom. The van der Waals surface area contributed by atoms with Gasteiger partial charge in [0, 0.05) is 24.2 Å². The van der Waals surface area contributed by atoms with Crippen molar-refractivity contribution in [2.45, 2.75) is 20.8 Å². The zero-order valence-electron chi connectivity index (χ0n) is 20.2. The third-order valence-electron chi connectivity index (χ3n) is 5.68. The molecule has 3 aromatic rings. The quantitative estimate of drug-likeness (QED) is 0.243. The molecule has 0 N–H and O–H groups in total. The second kappa shape index (κ2) is 12.3. The van der Waals surface area contributed by atoms with Crippen LogP contribution in [0.5, 0.6) is 11.5 Å². The topological polar surface area (TPSA) is 98.0 Å². The summed E-state index contributed by atoms with van der Waals surface area (Å²) in [5.41, 5.74) is 1.05. The van der Waals surface area contributed by atoms with Gasteiger partial charge in [-0.3, -0.25) is 19.8 Å². The summed E-state index contributed by atoms with van der Waals surface area (Å²) in [5, 5.41) is 12.9. The van der Waals surface area contributed by atoms with Crippen LogP contribution in [0.25, 0.3) is 10.2 Å². The van der Waals surface area contributed by atoms with Crippen molar-refractivity contribution in [2.24, 2.45) is 0 Å². The van der Waals surface area contributed by atoms with Gasteiger partial charge in [-0.15, -0.1) is 12.4 Å². The Bertz CT molecular complexity index is 1220. The Morgan fingerprint density at radius 3 is 2.34 bits per heavy atom. The molecule has 0 bridgehead atoms. The molecule has 9 nitrogen and oxygen atoms in total. The highest BCUT2D eigenvalue weighted by atomic mass is 35.5. The molecule has 1 heterocycles. The highest BCUT2D eigenvalue weighted by Crippen LogP contribution is 2.38. The van der Waals surface area contributed by atoms with E-state index in [1.807, 2.05) is 26.8 Å². The summed E-state index contributed by atoms with van der Waals surface area (Å²) in [6.45, 7) is 8.45. The first kappa shape index (κ1) is 28.6. The highest BCUT2D eigenvalue weighted by molar-refractivity contribution is 7.22. The van der Waals surface area contributed by atoms with Crippen molar-refractivity contribution in [1.82, 2.24) is 9.88 Å². The summed E-state index contributed by atoms with van der Waals surface area (Å²) in [7, 11) is 2.80. The molecule has 0 fully saturated rings. The number of benzene rings is 2. The fraction of sp³-hybridized carbons (Fsp3) is 0.391. The Balaban J connectivity index is 0.00000432. The van der Waals surface area contributed by atoms with Gasteiger partial charge in [0.15, 0.2) is 16.6 Å². The van der Waals surface area contributed by atoms with Crippen molar-refractivity contribution in [3.05, 3.63) is 50.5 Å². The zero-order valence-corrected chi connectivity index (χ0v) is 22.6. The smallest absolute Gasteiger partial charge is 0.286 e. The van der Waals surface area contributed by atoms with E-state index in [0.717, 1.165) is 23.4 Å². The number of anilines is 1. The molecular weight excluding hydrogens is 515 g/mol. The lowest BCUT2D eigenvalue weighted by Crippen LogP contribution is -2.39. The average molecular weight is 543 g/mol. The molecular formula is C23H28Cl2N4O5S. The number of nitrogens with zero attached hydrogens (tertiary/aromatic N) is 4. The van der Waals surface area contributed by atoms with Crippen LogP contribution in [0.3, 0.4) is 0 Å². The molecule has 0 saturated heterocycles. The molecule has 12 heteroatoms. The maximum Gasteiger partial charge on any atom is 0.286 e. The highest BCUT2D eigenvalue weighted by Gasteiger charge is 2.30. The van der Waals surface area contributed by atoms with Gasteiger partial charge in [-0.1, -0.05) is 36.8 Å². The predicted molar refractivity (Wildman–Crippen MR) is 142 cm³/mol. The second-order valence-electron chi connectivity index (χ2n) is 7.48. The lowest BCUT2D eigenvalue weighted by Gasteiger charge is -2.25. The van der Waals surface area contributed by atoms with Gasteiger partial charge in [0.2, 0.25) is 0 Å². The number of thiazole rings is 1. The minimum Gasteiger partial charge on any atom is -0.493 e. The number of carbonyl (C=O) groups is 1. The van der Waals surface area contributed by atoms with E-state index in [1.54, 1.807) is 6.07 Å². The molecule has 0 spiro atoms. The molecule has 1 amide bonds. The summed E-state index contributed by atoms with van der Waals surface area (Å²) < 4.78 is 11.4. The molecule has 0 unspecified atom stereocenters. The molecule has 0 aliphatic rings. The Kier molecular flexibility index (Phi) is 10.1. The first-order chi connectivity index (χ1) is 16.2. The molecule has 2 aromatic carbocycles. The number of hydrogen-bond donors (Lipinski definition) is 0. The van der Waals surface area contributed by atoms with Crippen LogP contribution in [-0.2, 0) is 0 Å². The van der Waals surface area contributed by atoms with Crippen molar-refractivity contribution in [3.8, 4) is 11.5 Å². The van der Waals surface area contributed by atoms with Gasteiger partial charge in [0.25, 0.3) is 11.6 Å². The molecule has 190 valence electrons. The van der Waals surface area contributed by atoms with E-state index < -0.39 is 10.8 Å². The van der Waals surface area contributed by atoms with E-state index in [1.165, 1.54) is 42.6 Å². The van der Waals surface area contributed by atoms with Gasteiger partial charge in [-0.25, -0.2) is 4.98 Å². The lowest BCUT2D eigenvalue weighted by atomic mass is 10.1. The molecule has 35 heavy (non-hydrogen) atoms. The van der Waals surface area contributed by atoms with Crippen LogP contribution in [0.1, 0.15) is 29.8 Å². The number of amides is 1. The molecule has 1 aromatic heterocycles. The standard InChI is InChI=1S/C23H27ClN4O5S.ClH/c1-6-26(7-2)10-11-27(23-25-21-14(3)16(24)8-9-20(21)34-23)22(29)15-12-18(32-4)19(33-5)13-17(15)28(30)31;/h8-9,12-13H,6-7,10-11H2,1-5H3;1H. The summed E-state index contributed by atoms with van der Waals surface area (Å²) in [4.78, 5) is 33.4. The van der Waals surface area contributed by atoms with Crippen molar-refractivity contribution in [3.63, 3.8) is 0 Å². The Hall–Kier alpha value is -2.66. The number of methoxy groups -OCH3 is 2. The van der Waals surface area contributed by atoms with Crippen LogP contribution in [0.2, 0.25) is 5.02 Å². The average Bonchev–Trinajstić information content (AvgIpc) is 3.27. The minimum atomic E-state index is -0.597. The maximum atomic E-state index is 13.8. The van der Waals surface area contributed by atoms with Gasteiger partial charge < -0.3 is 14.4 Å². The van der Waals surface area contributed by atoms with Crippen LogP contribution < -0.4 is 14.4 Å². The van der Waals surface area contributed by atoms with E-state index in [-0.39, 0.29) is 35.2 Å². The number of fused-ring (bicyclic) bond motifs is 1. The largest absolute Gasteiger partial charge is 0.493 e. The number of ether oxygens (including phenoxy) is 2. The van der Waals surface area contributed by atoms with Crippen LogP contribution in [0, 0.1) is 17.0 Å². The van der Waals surface area contributed by atoms with Crippen molar-refractivity contribution in [2.75, 3.05) is 45.3 Å². The van der Waals surface area contributed by atoms with Crippen LogP contribution in [0.4, 0.5) is 10.8 Å². The van der Waals surface area contributed by atoms with Gasteiger partial charge in [-0.2, -0.15) is 0 Å². The fourth-order valence-electron chi connectivity index (χ4n) is 3.61. The first-order valence-electron chi connectivity index (χ1n) is 10.8. The van der Waals surface area contributed by atoms with Gasteiger partial charge in [-0.05, 0) is 37.7 Å². The molecule has 0 aliphatic carbocycles. The number of aromatic nitrogens is 1. The predicted octanol–water partition coefficient (Wildman–Crippen LogP) is 5.59. The monoisotopic (exact) mass is 542 g/mol. The maximum absolute atomic E-state index is 13.8. The number of nitro benzene ring substituents is 1. The fourth-order valence-corrected chi connectivity index (χ4v) is 4.81. The van der Waals surface area contributed by atoms with E-state index in [9.17, 15) is 14.9 Å². The first-order valence-corrected chi connectivity index (χ1v) is 11.9. The van der Waals surface area contributed by atoms with Gasteiger partial charge >= 0.3 is 0 Å². The Labute approximate surface area is 219 Å². The van der Waals surface area contributed by atoms with E-state index in [0.29, 0.717) is 28.8 Å². The number of hydrogen-bond acceptors (Lipinski definition) is 8. The molecule has 0 saturated carbocycles. The van der Waals surface area contributed by atoms with Crippen LogP contribution >= 0.6 is 35.3 Å². The lowest BCUT2D eigenvalue weighted by molar-refractivity contribution is -0.385. The number of aryl methyl sites for hydroxylation is 1. The van der Waals surface area contributed by atoms with Crippen LogP contribution in [0.15, 0.2) is 24.3 Å². The summed E-state index contributed by atoms with van der Waals surface area (Å²) in [5.74, 6) is -0.139. The SMILES string of the molecule is CCN(CC)CCN(C(=O)c1cc(OC)c(OC)cc1[N+](=O)[O-])c1nc2c(C)c(Cl)ccc2s1.Cl. The summed E-state index contributed by atoms with van der Waals surface area (Å²) in [6, 6.07) is 6.20. The summed E-state index contributed by atoms with van der Waals surface area (Å²) >= 11 is 7.61. The van der Waals surface area contributed by atoms with Crippen LogP contribution in [-0.4, -0.2) is 61.1 Å². The number of likely N-dealkylation sites (N-methyl/N-ethyl adjacent to an activating group) is 1. The Morgan fingerprint density at radius 1 is 1.14 bits per heavy atom. The minimum absolute atomic E-state index is 0. The number of nitro groups is 1. The van der Waals surface area contributed by atoms with E-state index in [4.69, 9.17) is 26.1 Å². The molecule has 0 atom stereocenters. The third kappa shape index (κ3) is 5.95. The normalized spacial score (nSPS) is 10.8. The molecule has 3 rings (SSSR count). The van der Waals surface area contributed by atoms with Gasteiger partial charge in [0.1, 0.15) is 5.56 Å².